The third-order valence-corrected chi connectivity index (χ3v) is 2.40. The minimum Gasteiger partial charge on any atom is -0.378 e. The second kappa shape index (κ2) is 4.58. The lowest BCUT2D eigenvalue weighted by Gasteiger charge is -2.29. The molecule has 1 rings (SSSR count). The van der Waals surface area contributed by atoms with Crippen LogP contribution in [0.1, 0.15) is 26.7 Å². The maximum Gasteiger partial charge on any atom is 0.234 e. The van der Waals surface area contributed by atoms with Crippen LogP contribution in [0.25, 0.3) is 0 Å². The van der Waals surface area contributed by atoms with Crippen molar-refractivity contribution in [2.75, 3.05) is 6.61 Å². The van der Waals surface area contributed by atoms with Crippen molar-refractivity contribution < 1.29 is 9.53 Å². The Morgan fingerprint density at radius 1 is 1.69 bits per heavy atom. The van der Waals surface area contributed by atoms with E-state index in [1.165, 1.54) is 0 Å². The first kappa shape index (κ1) is 10.5. The fourth-order valence-electron chi connectivity index (χ4n) is 1.59. The van der Waals surface area contributed by atoms with Gasteiger partial charge >= 0.3 is 0 Å². The molecule has 0 spiro atoms. The number of nitrogens with two attached hydrogens (primary N) is 1. The summed E-state index contributed by atoms with van der Waals surface area (Å²) in [5.41, 5.74) is 5.16. The molecule has 1 fully saturated rings. The van der Waals surface area contributed by atoms with Gasteiger partial charge in [-0.2, -0.15) is 0 Å². The minimum atomic E-state index is -0.292. The summed E-state index contributed by atoms with van der Waals surface area (Å²) in [6.07, 6.45) is 2.20. The smallest absolute Gasteiger partial charge is 0.234 e. The van der Waals surface area contributed by atoms with Crippen molar-refractivity contribution in [3.63, 3.8) is 0 Å². The second-order valence-electron chi connectivity index (χ2n) is 3.69. The van der Waals surface area contributed by atoms with Gasteiger partial charge in [0.25, 0.3) is 0 Å². The van der Waals surface area contributed by atoms with Gasteiger partial charge in [0.1, 0.15) is 0 Å². The van der Waals surface area contributed by atoms with Crippen LogP contribution >= 0.6 is 0 Å². The highest BCUT2D eigenvalue weighted by Gasteiger charge is 2.21. The fourth-order valence-corrected chi connectivity index (χ4v) is 1.59. The number of ether oxygens (including phenoxy) is 1. The molecule has 3 atom stereocenters. The number of carbonyl (C=O) groups is 1. The van der Waals surface area contributed by atoms with E-state index in [9.17, 15) is 4.79 Å². The standard InChI is InChI=1S/C9H18N2O2/c1-6-5-8(3-4-13-6)11-7(2)9(10)12/h6-8,11H,3-5H2,1-2H3,(H2,10,12)/t6?,7-,8?/m1/s1. The van der Waals surface area contributed by atoms with Crippen LogP contribution in [0.4, 0.5) is 0 Å². The molecule has 1 amide bonds. The third-order valence-electron chi connectivity index (χ3n) is 2.40. The highest BCUT2D eigenvalue weighted by atomic mass is 16.5. The first-order chi connectivity index (χ1) is 6.09. The van der Waals surface area contributed by atoms with Crippen LogP contribution < -0.4 is 11.1 Å². The minimum absolute atomic E-state index is 0.240. The van der Waals surface area contributed by atoms with E-state index >= 15 is 0 Å². The van der Waals surface area contributed by atoms with Crippen molar-refractivity contribution in [1.82, 2.24) is 5.32 Å². The molecule has 0 aromatic rings. The molecule has 1 aliphatic rings. The van der Waals surface area contributed by atoms with Gasteiger partial charge in [0.05, 0.1) is 12.1 Å². The number of amides is 1. The number of hydrogen-bond donors (Lipinski definition) is 2. The van der Waals surface area contributed by atoms with Crippen LogP contribution in [0.15, 0.2) is 0 Å². The van der Waals surface area contributed by atoms with Crippen LogP contribution in [0, 0.1) is 0 Å². The Bertz CT molecular complexity index is 184. The summed E-state index contributed by atoms with van der Waals surface area (Å²) in [6, 6.07) is 0.126. The molecule has 0 aromatic heterocycles. The van der Waals surface area contributed by atoms with Crippen molar-refractivity contribution in [3.05, 3.63) is 0 Å². The van der Waals surface area contributed by atoms with Gasteiger partial charge in [-0.05, 0) is 26.7 Å². The van der Waals surface area contributed by atoms with E-state index in [4.69, 9.17) is 10.5 Å². The maximum atomic E-state index is 10.8. The average molecular weight is 186 g/mol. The molecule has 0 saturated carbocycles. The normalized spacial score (nSPS) is 31.2. The van der Waals surface area contributed by atoms with Crippen LogP contribution in [0.3, 0.4) is 0 Å². The van der Waals surface area contributed by atoms with Gasteiger partial charge < -0.3 is 15.8 Å². The summed E-state index contributed by atoms with van der Waals surface area (Å²) < 4.78 is 5.39. The molecule has 76 valence electrons. The van der Waals surface area contributed by atoms with E-state index in [1.54, 1.807) is 6.92 Å². The monoisotopic (exact) mass is 186 g/mol. The molecular weight excluding hydrogens is 168 g/mol. The molecule has 4 heteroatoms. The summed E-state index contributed by atoms with van der Waals surface area (Å²) in [5, 5.41) is 3.19. The van der Waals surface area contributed by atoms with Crippen molar-refractivity contribution in [2.24, 2.45) is 5.73 Å². The molecule has 0 radical (unpaired) electrons. The molecule has 3 N–H and O–H groups in total. The van der Waals surface area contributed by atoms with Gasteiger partial charge in [-0.25, -0.2) is 0 Å². The topological polar surface area (TPSA) is 64.3 Å². The molecule has 1 aliphatic heterocycles. The summed E-state index contributed by atoms with van der Waals surface area (Å²) in [4.78, 5) is 10.8. The van der Waals surface area contributed by atoms with Gasteiger partial charge in [-0.3, -0.25) is 4.79 Å². The first-order valence-electron chi connectivity index (χ1n) is 4.76. The zero-order valence-corrected chi connectivity index (χ0v) is 8.25. The highest BCUT2D eigenvalue weighted by molar-refractivity contribution is 5.79. The highest BCUT2D eigenvalue weighted by Crippen LogP contribution is 2.13. The van der Waals surface area contributed by atoms with Gasteiger partial charge in [0, 0.05) is 12.6 Å². The SMILES string of the molecule is CC1CC(N[C@H](C)C(N)=O)CCO1. The molecule has 13 heavy (non-hydrogen) atoms. The lowest BCUT2D eigenvalue weighted by Crippen LogP contribution is -2.47. The average Bonchev–Trinajstić information content (AvgIpc) is 2.04. The fraction of sp³-hybridized carbons (Fsp3) is 0.889. The Morgan fingerprint density at radius 2 is 2.38 bits per heavy atom. The number of carbonyl (C=O) groups excluding carboxylic acids is 1. The maximum absolute atomic E-state index is 10.8. The number of primary amides is 1. The molecule has 1 heterocycles. The molecule has 0 bridgehead atoms. The Balaban J connectivity index is 2.31. The van der Waals surface area contributed by atoms with E-state index in [-0.39, 0.29) is 18.1 Å². The Morgan fingerprint density at radius 3 is 2.92 bits per heavy atom. The first-order valence-corrected chi connectivity index (χ1v) is 4.76. The van der Waals surface area contributed by atoms with Crippen molar-refractivity contribution >= 4 is 5.91 Å². The van der Waals surface area contributed by atoms with Crippen LogP contribution in [-0.2, 0) is 9.53 Å². The quantitative estimate of drug-likeness (QED) is 0.653. The van der Waals surface area contributed by atoms with Gasteiger partial charge in [-0.1, -0.05) is 0 Å². The molecule has 4 nitrogen and oxygen atoms in total. The molecule has 2 unspecified atom stereocenters. The van der Waals surface area contributed by atoms with E-state index in [1.807, 2.05) is 6.92 Å². The Labute approximate surface area is 78.8 Å². The molecule has 1 saturated heterocycles. The van der Waals surface area contributed by atoms with E-state index < -0.39 is 0 Å². The zero-order chi connectivity index (χ0) is 9.84. The van der Waals surface area contributed by atoms with Crippen LogP contribution in [-0.4, -0.2) is 30.7 Å². The third kappa shape index (κ3) is 3.32. The van der Waals surface area contributed by atoms with Gasteiger partial charge in [0.15, 0.2) is 0 Å². The zero-order valence-electron chi connectivity index (χ0n) is 8.25. The Kier molecular flexibility index (Phi) is 3.69. The molecular formula is C9H18N2O2. The van der Waals surface area contributed by atoms with E-state index in [2.05, 4.69) is 5.32 Å². The predicted octanol–water partition coefficient (Wildman–Crippen LogP) is 0.0173. The summed E-state index contributed by atoms with van der Waals surface area (Å²) in [5.74, 6) is -0.292. The summed E-state index contributed by atoms with van der Waals surface area (Å²) in [6.45, 7) is 4.61. The van der Waals surface area contributed by atoms with Crippen LogP contribution in [0.2, 0.25) is 0 Å². The Hall–Kier alpha value is -0.610. The van der Waals surface area contributed by atoms with E-state index in [0.29, 0.717) is 6.04 Å². The van der Waals surface area contributed by atoms with Crippen molar-refractivity contribution in [2.45, 2.75) is 44.9 Å². The lowest BCUT2D eigenvalue weighted by atomic mass is 10.0. The number of rotatable bonds is 3. The summed E-state index contributed by atoms with van der Waals surface area (Å²) in [7, 11) is 0. The van der Waals surface area contributed by atoms with E-state index in [0.717, 1.165) is 19.4 Å². The number of nitrogens with one attached hydrogen (secondary N) is 1. The van der Waals surface area contributed by atoms with Gasteiger partial charge in [0.2, 0.25) is 5.91 Å². The largest absolute Gasteiger partial charge is 0.378 e. The second-order valence-corrected chi connectivity index (χ2v) is 3.69. The van der Waals surface area contributed by atoms with Crippen molar-refractivity contribution in [3.8, 4) is 0 Å². The lowest BCUT2D eigenvalue weighted by molar-refractivity contribution is -0.120. The number of hydrogen-bond acceptors (Lipinski definition) is 3. The van der Waals surface area contributed by atoms with Crippen LogP contribution in [0.5, 0.6) is 0 Å². The van der Waals surface area contributed by atoms with Gasteiger partial charge in [-0.15, -0.1) is 0 Å². The molecule has 0 aromatic carbocycles. The molecule has 0 aliphatic carbocycles. The summed E-state index contributed by atoms with van der Waals surface area (Å²) >= 11 is 0. The van der Waals surface area contributed by atoms with Crippen molar-refractivity contribution in [1.29, 1.82) is 0 Å². The predicted molar refractivity (Wildman–Crippen MR) is 50.2 cm³/mol.